The molecule has 0 saturated heterocycles. The van der Waals surface area contributed by atoms with Crippen molar-refractivity contribution in [1.82, 2.24) is 5.32 Å². The van der Waals surface area contributed by atoms with Gasteiger partial charge in [0.25, 0.3) is 0 Å². The lowest BCUT2D eigenvalue weighted by molar-refractivity contribution is 0.395. The molecule has 0 spiro atoms. The molecule has 0 heterocycles. The molecule has 1 N–H and O–H groups in total. The summed E-state index contributed by atoms with van der Waals surface area (Å²) in [7, 11) is 0. The first kappa shape index (κ1) is 16.1. The van der Waals surface area contributed by atoms with Gasteiger partial charge in [0.1, 0.15) is 11.6 Å². The summed E-state index contributed by atoms with van der Waals surface area (Å²) in [6, 6.07) is 4.56. The van der Waals surface area contributed by atoms with Crippen LogP contribution in [-0.4, -0.2) is 12.1 Å². The molecular weight excluding hydrogens is 244 g/mol. The fourth-order valence-corrected chi connectivity index (χ4v) is 2.35. The summed E-state index contributed by atoms with van der Waals surface area (Å²) in [5.41, 5.74) is 0.188. The summed E-state index contributed by atoms with van der Waals surface area (Å²) in [6.07, 6.45) is 4.92. The van der Waals surface area contributed by atoms with Gasteiger partial charge in [0.05, 0.1) is 0 Å². The zero-order valence-electron chi connectivity index (χ0n) is 12.2. The first-order valence-corrected chi connectivity index (χ1v) is 7.27. The van der Waals surface area contributed by atoms with Crippen LogP contribution in [0.2, 0.25) is 0 Å². The lowest BCUT2D eigenvalue weighted by Gasteiger charge is -2.22. The minimum Gasteiger partial charge on any atom is -0.311 e. The van der Waals surface area contributed by atoms with Gasteiger partial charge in [0.2, 0.25) is 0 Å². The molecule has 0 aliphatic carbocycles. The molecule has 0 saturated carbocycles. The summed E-state index contributed by atoms with van der Waals surface area (Å²) in [4.78, 5) is 0. The number of nitrogens with one attached hydrogen (secondary N) is 1. The van der Waals surface area contributed by atoms with E-state index in [9.17, 15) is 8.78 Å². The van der Waals surface area contributed by atoms with Crippen molar-refractivity contribution in [2.24, 2.45) is 0 Å². The number of hydrogen-bond acceptors (Lipinski definition) is 1. The maximum Gasteiger partial charge on any atom is 0.129 e. The average Bonchev–Trinajstić information content (AvgIpc) is 2.39. The number of unbranched alkanes of at least 4 members (excludes halogenated alkanes) is 1. The predicted octanol–water partition coefficient (Wildman–Crippen LogP) is 4.45. The Morgan fingerprint density at radius 1 is 1.16 bits per heavy atom. The van der Waals surface area contributed by atoms with E-state index in [4.69, 9.17) is 0 Å². The normalized spacial score (nSPS) is 14.4. The van der Waals surface area contributed by atoms with Crippen LogP contribution in [0.25, 0.3) is 0 Å². The molecule has 1 aromatic carbocycles. The maximum atomic E-state index is 13.6. The van der Waals surface area contributed by atoms with Crippen LogP contribution < -0.4 is 5.32 Å². The van der Waals surface area contributed by atoms with E-state index < -0.39 is 11.6 Å². The largest absolute Gasteiger partial charge is 0.311 e. The highest BCUT2D eigenvalue weighted by Gasteiger charge is 2.15. The summed E-state index contributed by atoms with van der Waals surface area (Å²) in [5, 5.41) is 3.47. The SMILES string of the molecule is CCCCC(CC)NC(C)Cc1c(F)cccc1F. The topological polar surface area (TPSA) is 12.0 Å². The Balaban J connectivity index is 2.56. The first-order valence-electron chi connectivity index (χ1n) is 7.27. The predicted molar refractivity (Wildman–Crippen MR) is 76.3 cm³/mol. The lowest BCUT2D eigenvalue weighted by Crippen LogP contribution is -2.37. The molecule has 0 fully saturated rings. The number of rotatable bonds is 8. The van der Waals surface area contributed by atoms with E-state index in [1.54, 1.807) is 0 Å². The molecular formula is C16H25F2N. The Morgan fingerprint density at radius 2 is 1.79 bits per heavy atom. The van der Waals surface area contributed by atoms with Gasteiger partial charge in [-0.25, -0.2) is 8.78 Å². The fourth-order valence-electron chi connectivity index (χ4n) is 2.35. The van der Waals surface area contributed by atoms with Crippen LogP contribution in [0.3, 0.4) is 0 Å². The second kappa shape index (κ2) is 8.26. The van der Waals surface area contributed by atoms with Gasteiger partial charge in [-0.1, -0.05) is 32.8 Å². The van der Waals surface area contributed by atoms with Crippen LogP contribution in [0.5, 0.6) is 0 Å². The Bertz CT molecular complexity index is 359. The van der Waals surface area contributed by atoms with Crippen molar-refractivity contribution >= 4 is 0 Å². The standard InChI is InChI=1S/C16H25F2N/c1-4-6-8-13(5-2)19-12(3)11-14-15(17)9-7-10-16(14)18/h7,9-10,12-13,19H,4-6,8,11H2,1-3H3. The van der Waals surface area contributed by atoms with Crippen LogP contribution in [0, 0.1) is 11.6 Å². The molecule has 1 nitrogen and oxygen atoms in total. The number of halogens is 2. The van der Waals surface area contributed by atoms with Crippen LogP contribution in [0.4, 0.5) is 8.78 Å². The molecule has 1 aromatic rings. The van der Waals surface area contributed by atoms with Crippen molar-refractivity contribution in [2.45, 2.75) is 65.0 Å². The summed E-state index contributed by atoms with van der Waals surface area (Å²) < 4.78 is 27.1. The van der Waals surface area contributed by atoms with Crippen LogP contribution in [0.1, 0.15) is 52.0 Å². The molecule has 108 valence electrons. The monoisotopic (exact) mass is 269 g/mol. The highest BCUT2D eigenvalue weighted by atomic mass is 19.1. The van der Waals surface area contributed by atoms with Crippen LogP contribution in [0.15, 0.2) is 18.2 Å². The van der Waals surface area contributed by atoms with Crippen molar-refractivity contribution in [1.29, 1.82) is 0 Å². The lowest BCUT2D eigenvalue weighted by atomic mass is 10.0. The van der Waals surface area contributed by atoms with Crippen molar-refractivity contribution in [3.63, 3.8) is 0 Å². The van der Waals surface area contributed by atoms with E-state index in [1.165, 1.54) is 31.0 Å². The van der Waals surface area contributed by atoms with E-state index >= 15 is 0 Å². The number of hydrogen-bond donors (Lipinski definition) is 1. The van der Waals surface area contributed by atoms with E-state index in [0.29, 0.717) is 12.5 Å². The molecule has 2 atom stereocenters. The molecule has 0 radical (unpaired) electrons. The highest BCUT2D eigenvalue weighted by molar-refractivity contribution is 5.20. The summed E-state index contributed by atoms with van der Waals surface area (Å²) in [6.45, 7) is 6.30. The summed E-state index contributed by atoms with van der Waals surface area (Å²) >= 11 is 0. The molecule has 0 amide bonds. The van der Waals surface area contributed by atoms with Crippen LogP contribution in [-0.2, 0) is 6.42 Å². The molecule has 0 aliphatic rings. The van der Waals surface area contributed by atoms with Crippen molar-refractivity contribution in [3.05, 3.63) is 35.4 Å². The minimum absolute atomic E-state index is 0.0770. The molecule has 1 rings (SSSR count). The van der Waals surface area contributed by atoms with Gasteiger partial charge in [0.15, 0.2) is 0 Å². The molecule has 3 heteroatoms. The van der Waals surface area contributed by atoms with Crippen molar-refractivity contribution < 1.29 is 8.78 Å². The van der Waals surface area contributed by atoms with Crippen molar-refractivity contribution in [3.8, 4) is 0 Å². The molecule has 0 aromatic heterocycles. The zero-order valence-corrected chi connectivity index (χ0v) is 12.2. The average molecular weight is 269 g/mol. The minimum atomic E-state index is -0.449. The molecule has 0 aliphatic heterocycles. The Kier molecular flexibility index (Phi) is 7.00. The van der Waals surface area contributed by atoms with E-state index in [1.807, 2.05) is 6.92 Å². The quantitative estimate of drug-likeness (QED) is 0.735. The van der Waals surface area contributed by atoms with Crippen molar-refractivity contribution in [2.75, 3.05) is 0 Å². The molecule has 19 heavy (non-hydrogen) atoms. The third kappa shape index (κ3) is 5.27. The van der Waals surface area contributed by atoms with Gasteiger partial charge in [0, 0.05) is 17.6 Å². The highest BCUT2D eigenvalue weighted by Crippen LogP contribution is 2.15. The van der Waals surface area contributed by atoms with E-state index in [2.05, 4.69) is 19.2 Å². The van der Waals surface area contributed by atoms with Gasteiger partial charge in [-0.2, -0.15) is 0 Å². The van der Waals surface area contributed by atoms with Crippen LogP contribution >= 0.6 is 0 Å². The third-order valence-corrected chi connectivity index (χ3v) is 3.49. The second-order valence-corrected chi connectivity index (χ2v) is 5.22. The van der Waals surface area contributed by atoms with E-state index in [0.717, 1.165) is 12.8 Å². The molecule has 0 bridgehead atoms. The summed E-state index contributed by atoms with van der Waals surface area (Å²) in [5.74, 6) is -0.898. The van der Waals surface area contributed by atoms with Gasteiger partial charge in [-0.05, 0) is 38.3 Å². The van der Waals surface area contributed by atoms with E-state index in [-0.39, 0.29) is 11.6 Å². The smallest absolute Gasteiger partial charge is 0.129 e. The number of benzene rings is 1. The zero-order chi connectivity index (χ0) is 14.3. The Morgan fingerprint density at radius 3 is 2.32 bits per heavy atom. The maximum absolute atomic E-state index is 13.6. The van der Waals surface area contributed by atoms with Gasteiger partial charge < -0.3 is 5.32 Å². The van der Waals surface area contributed by atoms with Gasteiger partial charge >= 0.3 is 0 Å². The molecule has 2 unspecified atom stereocenters. The first-order chi connectivity index (χ1) is 9.08. The fraction of sp³-hybridized carbons (Fsp3) is 0.625. The third-order valence-electron chi connectivity index (χ3n) is 3.49. The van der Waals surface area contributed by atoms with Gasteiger partial charge in [-0.15, -0.1) is 0 Å². The Hall–Kier alpha value is -0.960. The second-order valence-electron chi connectivity index (χ2n) is 5.22. The Labute approximate surface area is 115 Å². The van der Waals surface area contributed by atoms with Gasteiger partial charge in [-0.3, -0.25) is 0 Å².